The van der Waals surface area contributed by atoms with E-state index in [2.05, 4.69) is 6.92 Å². The zero-order valence-electron chi connectivity index (χ0n) is 16.9. The summed E-state index contributed by atoms with van der Waals surface area (Å²) in [6.45, 7) is 5.11. The Labute approximate surface area is 169 Å². The Morgan fingerprint density at radius 3 is 2.62 bits per heavy atom. The van der Waals surface area contributed by atoms with Crippen LogP contribution in [-0.2, 0) is 6.54 Å². The van der Waals surface area contributed by atoms with Crippen LogP contribution in [0.1, 0.15) is 61.0 Å². The summed E-state index contributed by atoms with van der Waals surface area (Å²) in [6, 6.07) is 7.50. The molecule has 2 rings (SSSR count). The van der Waals surface area contributed by atoms with Gasteiger partial charge in [0.05, 0.1) is 5.56 Å². The molecule has 29 heavy (non-hydrogen) atoms. The molecule has 1 unspecified atom stereocenters. The molecule has 1 N–H and O–H groups in total. The largest absolute Gasteiger partial charge is 0.494 e. The lowest BCUT2D eigenvalue weighted by molar-refractivity contribution is 0.0806. The summed E-state index contributed by atoms with van der Waals surface area (Å²) in [6.07, 6.45) is 2.34. The van der Waals surface area contributed by atoms with E-state index in [1.165, 1.54) is 32.0 Å². The van der Waals surface area contributed by atoms with Crippen molar-refractivity contribution in [1.29, 1.82) is 5.26 Å². The number of benzene rings is 1. The lowest BCUT2D eigenvalue weighted by atomic mass is 9.99. The minimum absolute atomic E-state index is 0.0915. The van der Waals surface area contributed by atoms with Crippen LogP contribution in [0.4, 0.5) is 4.39 Å². The van der Waals surface area contributed by atoms with E-state index in [-0.39, 0.29) is 29.0 Å². The highest BCUT2D eigenvalue weighted by molar-refractivity contribution is 6.03. The molecule has 0 aliphatic rings. The van der Waals surface area contributed by atoms with Crippen molar-refractivity contribution in [2.75, 3.05) is 0 Å². The standard InChI is InChI=1S/C22H25FN2O4/c1-4-5-6-9-12-25-21(27)16(13-24)14(2)19(22(25)28)20(26)15(3)29-18-11-8-7-10-17(18)23/h7-8,10-11,15,28H,4-6,9,12H2,1-3H3. The molecule has 1 heterocycles. The third kappa shape index (κ3) is 4.83. The third-order valence-corrected chi connectivity index (χ3v) is 4.79. The number of aromatic hydroxyl groups is 1. The number of Topliss-reactive ketones (excluding diaryl/α,β-unsaturated/α-hetero) is 1. The van der Waals surface area contributed by atoms with Crippen LogP contribution in [0.3, 0.4) is 0 Å². The predicted octanol–water partition coefficient (Wildman–Crippen LogP) is 4.10. The molecule has 2 aromatic rings. The zero-order valence-corrected chi connectivity index (χ0v) is 16.9. The SMILES string of the molecule is CCCCCCn1c(O)c(C(=O)C(C)Oc2ccccc2F)c(C)c(C#N)c1=O. The second-order valence-corrected chi connectivity index (χ2v) is 6.88. The van der Waals surface area contributed by atoms with Crippen molar-refractivity contribution in [3.8, 4) is 17.7 Å². The number of hydrogen-bond donors (Lipinski definition) is 1. The van der Waals surface area contributed by atoms with Gasteiger partial charge in [0.15, 0.2) is 17.7 Å². The van der Waals surface area contributed by atoms with Crippen LogP contribution in [0.2, 0.25) is 0 Å². The van der Waals surface area contributed by atoms with E-state index in [1.54, 1.807) is 6.07 Å². The first-order valence-corrected chi connectivity index (χ1v) is 9.65. The molecule has 0 aliphatic heterocycles. The van der Waals surface area contributed by atoms with Crippen LogP contribution in [0.5, 0.6) is 11.6 Å². The molecule has 0 radical (unpaired) electrons. The van der Waals surface area contributed by atoms with Crippen LogP contribution in [0.15, 0.2) is 29.1 Å². The number of pyridine rings is 1. The second-order valence-electron chi connectivity index (χ2n) is 6.88. The highest BCUT2D eigenvalue weighted by Crippen LogP contribution is 2.26. The van der Waals surface area contributed by atoms with Gasteiger partial charge in [0.2, 0.25) is 11.7 Å². The Morgan fingerprint density at radius 1 is 1.31 bits per heavy atom. The van der Waals surface area contributed by atoms with E-state index in [0.717, 1.165) is 23.8 Å². The van der Waals surface area contributed by atoms with Gasteiger partial charge in [-0.3, -0.25) is 14.2 Å². The number of aromatic nitrogens is 1. The molecular formula is C22H25FN2O4. The first-order valence-electron chi connectivity index (χ1n) is 9.65. The van der Waals surface area contributed by atoms with E-state index in [1.807, 2.05) is 6.07 Å². The molecular weight excluding hydrogens is 375 g/mol. The summed E-state index contributed by atoms with van der Waals surface area (Å²) in [5, 5.41) is 20.1. The van der Waals surface area contributed by atoms with Gasteiger partial charge in [-0.05, 0) is 38.0 Å². The van der Waals surface area contributed by atoms with Gasteiger partial charge in [0.1, 0.15) is 11.6 Å². The maximum Gasteiger partial charge on any atom is 0.271 e. The first-order chi connectivity index (χ1) is 13.8. The monoisotopic (exact) mass is 400 g/mol. The van der Waals surface area contributed by atoms with Gasteiger partial charge in [-0.1, -0.05) is 38.3 Å². The lowest BCUT2D eigenvalue weighted by Crippen LogP contribution is -2.31. The molecule has 1 atom stereocenters. The van der Waals surface area contributed by atoms with Gasteiger partial charge in [-0.2, -0.15) is 5.26 Å². The number of unbranched alkanes of at least 4 members (excludes halogenated alkanes) is 3. The van der Waals surface area contributed by atoms with Crippen molar-refractivity contribution in [3.05, 3.63) is 57.1 Å². The normalized spacial score (nSPS) is 11.7. The Bertz CT molecular complexity index is 992. The molecule has 0 spiro atoms. The van der Waals surface area contributed by atoms with Gasteiger partial charge in [0.25, 0.3) is 5.56 Å². The van der Waals surface area contributed by atoms with Crippen LogP contribution in [0, 0.1) is 24.1 Å². The number of halogens is 1. The van der Waals surface area contributed by atoms with Crippen LogP contribution >= 0.6 is 0 Å². The van der Waals surface area contributed by atoms with Gasteiger partial charge < -0.3 is 9.84 Å². The smallest absolute Gasteiger partial charge is 0.271 e. The summed E-state index contributed by atoms with van der Waals surface area (Å²) in [4.78, 5) is 25.6. The lowest BCUT2D eigenvalue weighted by Gasteiger charge is -2.19. The molecule has 7 heteroatoms. The minimum atomic E-state index is -1.13. The molecule has 6 nitrogen and oxygen atoms in total. The molecule has 0 saturated heterocycles. The van der Waals surface area contributed by atoms with E-state index >= 15 is 0 Å². The van der Waals surface area contributed by atoms with Crippen molar-refractivity contribution in [2.24, 2.45) is 0 Å². The number of hydrogen-bond acceptors (Lipinski definition) is 5. The maximum absolute atomic E-state index is 13.8. The van der Waals surface area contributed by atoms with Gasteiger partial charge in [-0.25, -0.2) is 4.39 Å². The van der Waals surface area contributed by atoms with Gasteiger partial charge in [-0.15, -0.1) is 0 Å². The molecule has 0 bridgehead atoms. The topological polar surface area (TPSA) is 92.3 Å². The Kier molecular flexibility index (Phi) is 7.54. The molecule has 1 aromatic heterocycles. The Hall–Kier alpha value is -3.14. The summed E-state index contributed by atoms with van der Waals surface area (Å²) in [7, 11) is 0. The Balaban J connectivity index is 2.42. The second kappa shape index (κ2) is 9.87. The van der Waals surface area contributed by atoms with Crippen molar-refractivity contribution in [2.45, 2.75) is 59.1 Å². The quantitative estimate of drug-likeness (QED) is 0.505. The average molecular weight is 400 g/mol. The third-order valence-electron chi connectivity index (χ3n) is 4.79. The van der Waals surface area contributed by atoms with Crippen LogP contribution in [-0.4, -0.2) is 21.6 Å². The van der Waals surface area contributed by atoms with Crippen molar-refractivity contribution >= 4 is 5.78 Å². The summed E-state index contributed by atoms with van der Waals surface area (Å²) < 4.78 is 20.3. The number of nitrogens with zero attached hydrogens (tertiary/aromatic N) is 2. The van der Waals surface area contributed by atoms with E-state index in [9.17, 15) is 24.3 Å². The molecule has 0 aliphatic carbocycles. The number of ether oxygens (including phenoxy) is 1. The van der Waals surface area contributed by atoms with Crippen molar-refractivity contribution in [1.82, 2.24) is 4.57 Å². The molecule has 0 saturated carbocycles. The summed E-state index contributed by atoms with van der Waals surface area (Å²) in [5.41, 5.74) is -0.882. The molecule has 0 fully saturated rings. The number of ketones is 1. The fraction of sp³-hybridized carbons (Fsp3) is 0.409. The van der Waals surface area contributed by atoms with E-state index in [4.69, 9.17) is 4.74 Å². The fourth-order valence-electron chi connectivity index (χ4n) is 3.14. The number of para-hydroxylation sites is 1. The first kappa shape index (κ1) is 22.2. The van der Waals surface area contributed by atoms with E-state index < -0.39 is 29.1 Å². The van der Waals surface area contributed by atoms with Crippen LogP contribution < -0.4 is 10.3 Å². The average Bonchev–Trinajstić information content (AvgIpc) is 2.69. The number of rotatable bonds is 9. The summed E-state index contributed by atoms with van der Waals surface area (Å²) >= 11 is 0. The molecule has 0 amide bonds. The Morgan fingerprint density at radius 2 is 2.00 bits per heavy atom. The predicted molar refractivity (Wildman–Crippen MR) is 107 cm³/mol. The molecule has 1 aromatic carbocycles. The van der Waals surface area contributed by atoms with Gasteiger partial charge >= 0.3 is 0 Å². The summed E-state index contributed by atoms with van der Waals surface area (Å²) in [5.74, 6) is -1.84. The minimum Gasteiger partial charge on any atom is -0.494 e. The van der Waals surface area contributed by atoms with Crippen LogP contribution in [0.25, 0.3) is 0 Å². The number of carbonyl (C=O) groups is 1. The van der Waals surface area contributed by atoms with Gasteiger partial charge in [0, 0.05) is 6.54 Å². The highest BCUT2D eigenvalue weighted by Gasteiger charge is 2.28. The number of nitriles is 1. The van der Waals surface area contributed by atoms with Crippen molar-refractivity contribution < 1.29 is 19.0 Å². The van der Waals surface area contributed by atoms with Crippen molar-refractivity contribution in [3.63, 3.8) is 0 Å². The highest BCUT2D eigenvalue weighted by atomic mass is 19.1. The molecule has 154 valence electrons. The maximum atomic E-state index is 13.8. The fourth-order valence-corrected chi connectivity index (χ4v) is 3.14. The zero-order chi connectivity index (χ0) is 21.6. The van der Waals surface area contributed by atoms with E-state index in [0.29, 0.717) is 6.42 Å². The number of carbonyl (C=O) groups excluding carboxylic acids is 1.